The van der Waals surface area contributed by atoms with Crippen LogP contribution in [0.3, 0.4) is 0 Å². The molecule has 170 valence electrons. The first-order chi connectivity index (χ1) is 15.7. The molecule has 0 amide bonds. The van der Waals surface area contributed by atoms with Gasteiger partial charge in [-0.15, -0.1) is 0 Å². The molecule has 0 spiro atoms. The highest BCUT2D eigenvalue weighted by atomic mass is 16.5. The van der Waals surface area contributed by atoms with Crippen molar-refractivity contribution in [2.24, 2.45) is 4.99 Å². The molecule has 0 unspecified atom stereocenters. The Morgan fingerprint density at radius 1 is 0.969 bits per heavy atom. The fourth-order valence-electron chi connectivity index (χ4n) is 3.18. The second kappa shape index (κ2) is 12.3. The molecule has 0 aliphatic rings. The van der Waals surface area contributed by atoms with Crippen molar-refractivity contribution in [1.29, 1.82) is 0 Å². The Balaban J connectivity index is 1.59. The summed E-state index contributed by atoms with van der Waals surface area (Å²) in [6, 6.07) is 11.9. The van der Waals surface area contributed by atoms with Gasteiger partial charge in [-0.05, 0) is 68.7 Å². The zero-order valence-electron chi connectivity index (χ0n) is 19.0. The Labute approximate surface area is 189 Å². The van der Waals surface area contributed by atoms with E-state index in [-0.39, 0.29) is 0 Å². The monoisotopic (exact) mass is 436 g/mol. The maximum Gasteiger partial charge on any atom is 0.191 e. The molecule has 32 heavy (non-hydrogen) atoms. The summed E-state index contributed by atoms with van der Waals surface area (Å²) in [7, 11) is 0. The van der Waals surface area contributed by atoms with Crippen molar-refractivity contribution in [2.45, 2.75) is 33.7 Å². The van der Waals surface area contributed by atoms with E-state index in [1.54, 1.807) is 17.1 Å². The lowest BCUT2D eigenvalue weighted by Gasteiger charge is -2.14. The van der Waals surface area contributed by atoms with Crippen molar-refractivity contribution in [1.82, 2.24) is 25.4 Å². The highest BCUT2D eigenvalue weighted by Gasteiger charge is 2.07. The number of guanidine groups is 1. The van der Waals surface area contributed by atoms with E-state index in [2.05, 4.69) is 33.7 Å². The molecule has 0 saturated carbocycles. The number of hydrogen-bond acceptors (Lipinski definition) is 5. The number of pyridine rings is 1. The lowest BCUT2D eigenvalue weighted by Crippen LogP contribution is -2.38. The van der Waals surface area contributed by atoms with Gasteiger partial charge in [0.15, 0.2) is 23.3 Å². The van der Waals surface area contributed by atoms with Crippen LogP contribution in [-0.4, -0.2) is 47.0 Å². The zero-order valence-corrected chi connectivity index (χ0v) is 19.0. The molecule has 0 radical (unpaired) electrons. The fourth-order valence-corrected chi connectivity index (χ4v) is 3.18. The van der Waals surface area contributed by atoms with Crippen molar-refractivity contribution in [3.8, 4) is 17.3 Å². The smallest absolute Gasteiger partial charge is 0.191 e. The number of benzene rings is 1. The van der Waals surface area contributed by atoms with Crippen LogP contribution in [0.25, 0.3) is 5.82 Å². The topological polar surface area (TPSA) is 85.6 Å². The van der Waals surface area contributed by atoms with Gasteiger partial charge in [0.2, 0.25) is 0 Å². The minimum atomic E-state index is 0.545. The van der Waals surface area contributed by atoms with Crippen molar-refractivity contribution in [2.75, 3.05) is 26.3 Å². The predicted molar refractivity (Wildman–Crippen MR) is 127 cm³/mol. The number of nitrogens with zero attached hydrogens (tertiary/aromatic N) is 4. The van der Waals surface area contributed by atoms with Crippen LogP contribution >= 0.6 is 0 Å². The first-order valence-electron chi connectivity index (χ1n) is 11.1. The average Bonchev–Trinajstić information content (AvgIpc) is 3.35. The maximum absolute atomic E-state index is 5.73. The summed E-state index contributed by atoms with van der Waals surface area (Å²) >= 11 is 0. The number of aliphatic imine (C=N–C) groups is 1. The number of rotatable bonds is 11. The summed E-state index contributed by atoms with van der Waals surface area (Å²) in [5.74, 6) is 3.13. The second-order valence-corrected chi connectivity index (χ2v) is 6.99. The average molecular weight is 437 g/mol. The predicted octanol–water partition coefficient (Wildman–Crippen LogP) is 3.36. The second-order valence-electron chi connectivity index (χ2n) is 6.99. The molecule has 8 nitrogen and oxygen atoms in total. The third-order valence-electron chi connectivity index (χ3n) is 4.63. The van der Waals surface area contributed by atoms with E-state index in [9.17, 15) is 0 Å². The molecule has 0 aliphatic carbocycles. The minimum Gasteiger partial charge on any atom is -0.490 e. The van der Waals surface area contributed by atoms with Crippen LogP contribution in [0, 0.1) is 0 Å². The van der Waals surface area contributed by atoms with Crippen LogP contribution in [0.15, 0.2) is 60.0 Å². The Bertz CT molecular complexity index is 988. The van der Waals surface area contributed by atoms with Gasteiger partial charge in [-0.3, -0.25) is 0 Å². The van der Waals surface area contributed by atoms with E-state index in [4.69, 9.17) is 14.5 Å². The van der Waals surface area contributed by atoms with Gasteiger partial charge < -0.3 is 20.1 Å². The lowest BCUT2D eigenvalue weighted by atomic mass is 10.1. The van der Waals surface area contributed by atoms with Crippen LogP contribution in [0.4, 0.5) is 0 Å². The van der Waals surface area contributed by atoms with Crippen molar-refractivity contribution in [3.05, 3.63) is 66.1 Å². The largest absolute Gasteiger partial charge is 0.490 e. The van der Waals surface area contributed by atoms with Gasteiger partial charge in [0.25, 0.3) is 0 Å². The van der Waals surface area contributed by atoms with Crippen LogP contribution in [-0.2, 0) is 13.0 Å². The molecule has 3 rings (SSSR count). The molecule has 0 saturated heterocycles. The molecule has 2 aromatic heterocycles. The number of hydrogen-bond donors (Lipinski definition) is 2. The molecule has 0 atom stereocenters. The van der Waals surface area contributed by atoms with E-state index in [1.165, 1.54) is 5.56 Å². The molecule has 0 fully saturated rings. The highest BCUT2D eigenvalue weighted by Crippen LogP contribution is 2.28. The maximum atomic E-state index is 5.73. The van der Waals surface area contributed by atoms with Gasteiger partial charge in [0.05, 0.1) is 19.8 Å². The van der Waals surface area contributed by atoms with E-state index in [0.29, 0.717) is 19.8 Å². The van der Waals surface area contributed by atoms with Gasteiger partial charge in [-0.1, -0.05) is 6.07 Å². The Morgan fingerprint density at radius 2 is 1.81 bits per heavy atom. The molecular weight excluding hydrogens is 404 g/mol. The molecule has 2 N–H and O–H groups in total. The van der Waals surface area contributed by atoms with E-state index >= 15 is 0 Å². The summed E-state index contributed by atoms with van der Waals surface area (Å²) in [5.41, 5.74) is 2.24. The van der Waals surface area contributed by atoms with E-state index in [0.717, 1.165) is 48.4 Å². The number of ether oxygens (including phenoxy) is 2. The van der Waals surface area contributed by atoms with Crippen LogP contribution in [0.5, 0.6) is 11.5 Å². The Hall–Kier alpha value is -3.55. The number of nitrogens with one attached hydrogen (secondary N) is 2. The van der Waals surface area contributed by atoms with Crippen molar-refractivity contribution >= 4 is 5.96 Å². The van der Waals surface area contributed by atoms with Crippen LogP contribution < -0.4 is 20.1 Å². The number of aromatic nitrogens is 3. The third-order valence-corrected chi connectivity index (χ3v) is 4.63. The van der Waals surface area contributed by atoms with Gasteiger partial charge in [-0.2, -0.15) is 5.10 Å². The van der Waals surface area contributed by atoms with E-state index < -0.39 is 0 Å². The van der Waals surface area contributed by atoms with E-state index in [1.807, 2.05) is 50.4 Å². The Morgan fingerprint density at radius 3 is 2.56 bits per heavy atom. The van der Waals surface area contributed by atoms with Gasteiger partial charge in [0.1, 0.15) is 0 Å². The summed E-state index contributed by atoms with van der Waals surface area (Å²) in [6.07, 6.45) is 6.24. The molecule has 3 aromatic rings. The normalized spacial score (nSPS) is 11.3. The summed E-state index contributed by atoms with van der Waals surface area (Å²) < 4.78 is 13.1. The van der Waals surface area contributed by atoms with Crippen molar-refractivity contribution in [3.63, 3.8) is 0 Å². The highest BCUT2D eigenvalue weighted by molar-refractivity contribution is 5.79. The molecule has 0 aliphatic heterocycles. The minimum absolute atomic E-state index is 0.545. The first kappa shape index (κ1) is 23.1. The molecule has 8 heteroatoms. The molecule has 2 heterocycles. The summed E-state index contributed by atoms with van der Waals surface area (Å²) in [4.78, 5) is 9.08. The Kier molecular flexibility index (Phi) is 8.92. The van der Waals surface area contributed by atoms with Gasteiger partial charge >= 0.3 is 0 Å². The van der Waals surface area contributed by atoms with Crippen LogP contribution in [0.2, 0.25) is 0 Å². The fraction of sp³-hybridized carbons (Fsp3) is 0.375. The molecular formula is C24H32N6O2. The SMILES string of the molecule is CCNC(=NCc1ccnc(-n2cccn2)c1)NCCc1ccc(OCC)c(OCC)c1. The van der Waals surface area contributed by atoms with Crippen LogP contribution in [0.1, 0.15) is 31.9 Å². The van der Waals surface area contributed by atoms with Crippen molar-refractivity contribution < 1.29 is 9.47 Å². The van der Waals surface area contributed by atoms with Gasteiger partial charge in [0, 0.05) is 31.7 Å². The quantitative estimate of drug-likeness (QED) is 0.354. The first-order valence-corrected chi connectivity index (χ1v) is 11.1. The third kappa shape index (κ3) is 6.73. The van der Waals surface area contributed by atoms with Gasteiger partial charge in [-0.25, -0.2) is 14.7 Å². The lowest BCUT2D eigenvalue weighted by molar-refractivity contribution is 0.287. The summed E-state index contributed by atoms with van der Waals surface area (Å²) in [5, 5.41) is 10.9. The standard InChI is InChI=1S/C24H32N6O2/c1-4-25-24(28-18-20-11-13-26-23(17-20)30-15-7-12-29-30)27-14-10-19-8-9-21(31-5-2)22(16-19)32-6-3/h7-9,11-13,15-17H,4-6,10,14,18H2,1-3H3,(H2,25,27,28). The molecule has 1 aromatic carbocycles. The summed E-state index contributed by atoms with van der Waals surface area (Å²) in [6.45, 7) is 9.31. The zero-order chi connectivity index (χ0) is 22.6. The molecule has 0 bridgehead atoms.